The lowest BCUT2D eigenvalue weighted by molar-refractivity contribution is 0.260. The summed E-state index contributed by atoms with van der Waals surface area (Å²) in [5.74, 6) is 0. The maximum atomic E-state index is 6.03. The maximum Gasteiger partial charge on any atom is 0.0607 e. The van der Waals surface area contributed by atoms with Gasteiger partial charge in [-0.15, -0.1) is 0 Å². The molecule has 2 aromatic rings. The van der Waals surface area contributed by atoms with E-state index in [0.717, 1.165) is 31.2 Å². The molecule has 0 spiro atoms. The fourth-order valence-corrected chi connectivity index (χ4v) is 4.39. The van der Waals surface area contributed by atoms with Crippen molar-refractivity contribution in [3.8, 4) is 0 Å². The van der Waals surface area contributed by atoms with Crippen molar-refractivity contribution in [3.63, 3.8) is 0 Å². The largest absolute Gasteiger partial charge is 0.367 e. The van der Waals surface area contributed by atoms with Gasteiger partial charge in [-0.25, -0.2) is 0 Å². The van der Waals surface area contributed by atoms with Crippen LogP contribution in [0.25, 0.3) is 0 Å². The summed E-state index contributed by atoms with van der Waals surface area (Å²) in [4.78, 5) is 7.72. The van der Waals surface area contributed by atoms with E-state index >= 15 is 0 Å². The highest BCUT2D eigenvalue weighted by Crippen LogP contribution is 2.34. The quantitative estimate of drug-likeness (QED) is 0.759. The normalized spacial score (nSPS) is 18.8. The highest BCUT2D eigenvalue weighted by molar-refractivity contribution is 6.30. The van der Waals surface area contributed by atoms with E-state index in [0.29, 0.717) is 6.04 Å². The predicted octanol–water partition coefficient (Wildman–Crippen LogP) is 4.65. The van der Waals surface area contributed by atoms with Crippen LogP contribution in [-0.2, 0) is 6.54 Å². The first-order valence-corrected chi connectivity index (χ1v) is 10.2. The molecular formula is C22H28ClN3. The second-order valence-corrected chi connectivity index (χ2v) is 8.01. The van der Waals surface area contributed by atoms with Gasteiger partial charge in [-0.3, -0.25) is 4.90 Å². The summed E-state index contributed by atoms with van der Waals surface area (Å²) < 4.78 is 0. The lowest BCUT2D eigenvalue weighted by atomic mass is 10.1. The summed E-state index contributed by atoms with van der Waals surface area (Å²) in [6.45, 7) is 9.11. The maximum absolute atomic E-state index is 6.03. The van der Waals surface area contributed by atoms with Crippen molar-refractivity contribution in [2.24, 2.45) is 0 Å². The third-order valence-electron chi connectivity index (χ3n) is 5.74. The van der Waals surface area contributed by atoms with E-state index in [1.165, 1.54) is 42.9 Å². The third kappa shape index (κ3) is 3.84. The second-order valence-electron chi connectivity index (χ2n) is 7.57. The van der Waals surface area contributed by atoms with Crippen LogP contribution < -0.4 is 9.80 Å². The molecule has 4 heteroatoms. The van der Waals surface area contributed by atoms with E-state index in [2.05, 4.69) is 58.0 Å². The third-order valence-corrected chi connectivity index (χ3v) is 5.99. The van der Waals surface area contributed by atoms with Gasteiger partial charge in [0, 0.05) is 37.2 Å². The molecule has 1 unspecified atom stereocenters. The first-order chi connectivity index (χ1) is 12.7. The van der Waals surface area contributed by atoms with Crippen molar-refractivity contribution >= 4 is 23.0 Å². The summed E-state index contributed by atoms with van der Waals surface area (Å²) in [6, 6.07) is 17.7. The van der Waals surface area contributed by atoms with E-state index in [1.807, 2.05) is 12.1 Å². The molecule has 0 aromatic heterocycles. The van der Waals surface area contributed by atoms with Crippen LogP contribution in [0.1, 0.15) is 25.3 Å². The molecule has 2 heterocycles. The molecule has 1 saturated heterocycles. The zero-order valence-corrected chi connectivity index (χ0v) is 16.3. The Balaban J connectivity index is 1.50. The van der Waals surface area contributed by atoms with E-state index in [1.54, 1.807) is 0 Å². The molecular weight excluding hydrogens is 342 g/mol. The number of likely N-dealkylation sites (tertiary alicyclic amines) is 1. The number of fused-ring (bicyclic) bond motifs is 1. The minimum absolute atomic E-state index is 0.619. The number of rotatable bonds is 5. The van der Waals surface area contributed by atoms with Crippen LogP contribution in [0.5, 0.6) is 0 Å². The molecule has 138 valence electrons. The minimum atomic E-state index is 0.619. The van der Waals surface area contributed by atoms with Crippen LogP contribution in [-0.4, -0.2) is 43.7 Å². The summed E-state index contributed by atoms with van der Waals surface area (Å²) in [6.07, 6.45) is 2.71. The zero-order chi connectivity index (χ0) is 17.9. The van der Waals surface area contributed by atoms with Crippen LogP contribution in [0.3, 0.4) is 0 Å². The Kier molecular flexibility index (Phi) is 5.37. The molecule has 0 saturated carbocycles. The van der Waals surface area contributed by atoms with E-state index in [4.69, 9.17) is 11.6 Å². The number of hydrogen-bond acceptors (Lipinski definition) is 3. The van der Waals surface area contributed by atoms with Crippen molar-refractivity contribution in [2.45, 2.75) is 32.4 Å². The van der Waals surface area contributed by atoms with Gasteiger partial charge >= 0.3 is 0 Å². The molecule has 1 atom stereocenters. The Labute approximate surface area is 162 Å². The highest BCUT2D eigenvalue weighted by atomic mass is 35.5. The van der Waals surface area contributed by atoms with Gasteiger partial charge in [0.1, 0.15) is 0 Å². The summed E-state index contributed by atoms with van der Waals surface area (Å²) in [5, 5.41) is 0.801. The van der Waals surface area contributed by atoms with Crippen LogP contribution in [0.15, 0.2) is 48.5 Å². The predicted molar refractivity (Wildman–Crippen MR) is 111 cm³/mol. The molecule has 2 aromatic carbocycles. The fourth-order valence-electron chi connectivity index (χ4n) is 4.26. The van der Waals surface area contributed by atoms with Crippen molar-refractivity contribution in [2.75, 3.05) is 42.5 Å². The highest BCUT2D eigenvalue weighted by Gasteiger charge is 2.26. The van der Waals surface area contributed by atoms with Crippen molar-refractivity contribution in [1.82, 2.24) is 4.90 Å². The average molecular weight is 370 g/mol. The molecule has 3 nitrogen and oxygen atoms in total. The molecule has 2 aliphatic rings. The number of hydrogen-bond donors (Lipinski definition) is 0. The van der Waals surface area contributed by atoms with E-state index < -0.39 is 0 Å². The van der Waals surface area contributed by atoms with Gasteiger partial charge in [0.2, 0.25) is 0 Å². The van der Waals surface area contributed by atoms with Gasteiger partial charge < -0.3 is 9.80 Å². The first-order valence-electron chi connectivity index (χ1n) is 9.78. The molecule has 0 N–H and O–H groups in total. The topological polar surface area (TPSA) is 9.72 Å². The van der Waals surface area contributed by atoms with Gasteiger partial charge in [-0.05, 0) is 62.7 Å². The lowest BCUT2D eigenvalue weighted by Crippen LogP contribution is -2.47. The summed E-state index contributed by atoms with van der Waals surface area (Å²) >= 11 is 6.03. The zero-order valence-electron chi connectivity index (χ0n) is 15.6. The Morgan fingerprint density at radius 2 is 1.46 bits per heavy atom. The van der Waals surface area contributed by atoms with Crippen LogP contribution in [0, 0.1) is 0 Å². The molecule has 4 rings (SSSR count). The minimum Gasteiger partial charge on any atom is -0.367 e. The number of nitrogens with zero attached hydrogens (tertiary/aromatic N) is 3. The SMILES string of the molecule is CC(CN1CCN(Cc2ccc(Cl)cc2)c2ccccc21)N1CCCC1. The molecule has 0 radical (unpaired) electrons. The van der Waals surface area contributed by atoms with Gasteiger partial charge in [0.25, 0.3) is 0 Å². The number of halogens is 1. The van der Waals surface area contributed by atoms with E-state index in [9.17, 15) is 0 Å². The van der Waals surface area contributed by atoms with Crippen LogP contribution in [0.4, 0.5) is 11.4 Å². The molecule has 1 fully saturated rings. The molecule has 0 aliphatic carbocycles. The lowest BCUT2D eigenvalue weighted by Gasteiger charge is -2.41. The van der Waals surface area contributed by atoms with Crippen molar-refractivity contribution < 1.29 is 0 Å². The van der Waals surface area contributed by atoms with Crippen molar-refractivity contribution in [1.29, 1.82) is 0 Å². The number of benzene rings is 2. The first kappa shape index (κ1) is 17.7. The average Bonchev–Trinajstić information content (AvgIpc) is 3.20. The van der Waals surface area contributed by atoms with Gasteiger partial charge in [0.05, 0.1) is 11.4 Å². The second kappa shape index (κ2) is 7.89. The van der Waals surface area contributed by atoms with Gasteiger partial charge in [0.15, 0.2) is 0 Å². The van der Waals surface area contributed by atoms with Crippen molar-refractivity contribution in [3.05, 3.63) is 59.1 Å². The van der Waals surface area contributed by atoms with Crippen LogP contribution in [0.2, 0.25) is 5.02 Å². The standard InChI is InChI=1S/C22H28ClN3/c1-18(24-12-4-5-13-24)16-25-14-15-26(22-7-3-2-6-21(22)25)17-19-8-10-20(23)11-9-19/h2-3,6-11,18H,4-5,12-17H2,1H3. The van der Waals surface area contributed by atoms with Gasteiger partial charge in [-0.2, -0.15) is 0 Å². The monoisotopic (exact) mass is 369 g/mol. The van der Waals surface area contributed by atoms with Crippen LogP contribution >= 0.6 is 11.6 Å². The Bertz CT molecular complexity index is 724. The fraction of sp³-hybridized carbons (Fsp3) is 0.455. The van der Waals surface area contributed by atoms with E-state index in [-0.39, 0.29) is 0 Å². The molecule has 0 bridgehead atoms. The Hall–Kier alpha value is -1.71. The van der Waals surface area contributed by atoms with Gasteiger partial charge in [-0.1, -0.05) is 35.9 Å². The molecule has 2 aliphatic heterocycles. The smallest absolute Gasteiger partial charge is 0.0607 e. The Morgan fingerprint density at radius 1 is 0.846 bits per heavy atom. The number of anilines is 2. The molecule has 0 amide bonds. The molecule has 26 heavy (non-hydrogen) atoms. The summed E-state index contributed by atoms with van der Waals surface area (Å²) in [7, 11) is 0. The summed E-state index contributed by atoms with van der Waals surface area (Å²) in [5.41, 5.74) is 4.03. The number of para-hydroxylation sites is 2. The Morgan fingerprint density at radius 3 is 2.15 bits per heavy atom.